The lowest BCUT2D eigenvalue weighted by atomic mass is 9.70. The summed E-state index contributed by atoms with van der Waals surface area (Å²) in [6.45, 7) is 7.00. The molecule has 6 aromatic rings. The summed E-state index contributed by atoms with van der Waals surface area (Å²) in [7, 11) is 9.82. The van der Waals surface area contributed by atoms with Gasteiger partial charge in [-0.3, -0.25) is 0 Å². The number of quaternary nitrogens is 2. The molecule has 0 atom stereocenters. The molecule has 1 aliphatic carbocycles. The highest BCUT2D eigenvalue weighted by molar-refractivity contribution is 9.10. The summed E-state index contributed by atoms with van der Waals surface area (Å²) in [4.78, 5) is 5.23. The van der Waals surface area contributed by atoms with Crippen molar-refractivity contribution in [3.8, 4) is 11.1 Å². The first-order valence-corrected chi connectivity index (χ1v) is 28.2. The van der Waals surface area contributed by atoms with Crippen molar-refractivity contribution < 1.29 is 8.97 Å². The third-order valence-corrected chi connectivity index (χ3v) is 17.3. The Bertz CT molecular complexity index is 2390. The minimum absolute atomic E-state index is 0.0536. The van der Waals surface area contributed by atoms with Crippen molar-refractivity contribution in [2.24, 2.45) is 0 Å². The molecule has 0 saturated heterocycles. The van der Waals surface area contributed by atoms with Crippen LogP contribution in [0.25, 0.3) is 11.1 Å². The molecule has 0 aromatic heterocycles. The van der Waals surface area contributed by atoms with Crippen molar-refractivity contribution in [1.29, 1.82) is 0 Å². The van der Waals surface area contributed by atoms with E-state index in [4.69, 9.17) is 0 Å². The summed E-state index contributed by atoms with van der Waals surface area (Å²) in [6.07, 6.45) is 19.5. The van der Waals surface area contributed by atoms with E-state index in [-0.39, 0.29) is 5.41 Å². The summed E-state index contributed by atoms with van der Waals surface area (Å²) < 4.78 is 4.57. The molecule has 3 aliphatic rings. The highest BCUT2D eigenvalue weighted by Gasteiger charge is 2.42. The number of unbranched alkanes of at least 4 members (excludes halogenated alkanes) is 6. The summed E-state index contributed by atoms with van der Waals surface area (Å²) >= 11 is 7.83. The van der Waals surface area contributed by atoms with Gasteiger partial charge in [0.2, 0.25) is 0 Å². The van der Waals surface area contributed by atoms with Gasteiger partial charge < -0.3 is 18.8 Å². The average molecular weight is 1050 g/mol. The lowest BCUT2D eigenvalue weighted by molar-refractivity contribution is -0.890. The number of anilines is 4. The van der Waals surface area contributed by atoms with E-state index in [1.54, 1.807) is 11.1 Å². The number of rotatable bonds is 22. The third-order valence-electron chi connectivity index (χ3n) is 16.3. The number of hydrogen-bond donors (Lipinski definition) is 0. The van der Waals surface area contributed by atoms with Crippen LogP contribution < -0.4 is 9.80 Å². The molecular formula is C63H78Br2N4+2. The Balaban J connectivity index is 0.765. The number of fused-ring (bicyclic) bond motifs is 7. The molecule has 69 heavy (non-hydrogen) atoms. The first kappa shape index (κ1) is 49.8. The minimum atomic E-state index is 0.0536. The zero-order valence-electron chi connectivity index (χ0n) is 42.3. The molecule has 2 heterocycles. The molecule has 0 N–H and O–H groups in total. The number of hydrogen-bond acceptors (Lipinski definition) is 2. The predicted molar refractivity (Wildman–Crippen MR) is 302 cm³/mol. The van der Waals surface area contributed by atoms with Gasteiger partial charge in [-0.05, 0) is 157 Å². The van der Waals surface area contributed by atoms with Crippen LogP contribution in [0, 0.1) is 0 Å². The summed E-state index contributed by atoms with van der Waals surface area (Å²) in [5.74, 6) is 0. The lowest BCUT2D eigenvalue weighted by Gasteiger charge is -2.34. The molecular weight excluding hydrogens is 973 g/mol. The van der Waals surface area contributed by atoms with Crippen molar-refractivity contribution in [3.05, 3.63) is 176 Å². The van der Waals surface area contributed by atoms with Gasteiger partial charge in [0.05, 0.1) is 54.4 Å². The summed E-state index contributed by atoms with van der Waals surface area (Å²) in [5.41, 5.74) is 17.6. The Hall–Kier alpha value is -4.20. The van der Waals surface area contributed by atoms with Gasteiger partial charge in [0.1, 0.15) is 0 Å². The number of halogens is 2. The SMILES string of the molecule is C[N+](C)(CCCCCCC1(CCCCCC[N+](C)(C)CCCN2c3ccccc3CCc3ccccc32)c2cc(Br)ccc2-c2ccc(Br)cc21)CCCN1c2ccccc2CCc2ccccc21. The van der Waals surface area contributed by atoms with Crippen LogP contribution in [0.1, 0.15) is 110 Å². The predicted octanol–water partition coefficient (Wildman–Crippen LogP) is 16.2. The summed E-state index contributed by atoms with van der Waals surface area (Å²) in [6, 6.07) is 50.5. The van der Waals surface area contributed by atoms with E-state index in [9.17, 15) is 0 Å². The Labute approximate surface area is 433 Å². The van der Waals surface area contributed by atoms with Crippen LogP contribution in [0.2, 0.25) is 0 Å². The van der Waals surface area contributed by atoms with Gasteiger partial charge in [0, 0.05) is 63.0 Å². The molecule has 0 bridgehead atoms. The molecule has 9 rings (SSSR count). The molecule has 0 amide bonds. The van der Waals surface area contributed by atoms with Gasteiger partial charge in [-0.15, -0.1) is 0 Å². The zero-order valence-corrected chi connectivity index (χ0v) is 45.5. The average Bonchev–Trinajstić information content (AvgIpc) is 3.43. The number of para-hydroxylation sites is 4. The van der Waals surface area contributed by atoms with Crippen LogP contribution in [0.5, 0.6) is 0 Å². The van der Waals surface area contributed by atoms with E-state index in [1.807, 2.05) is 0 Å². The second-order valence-corrected chi connectivity index (χ2v) is 23.9. The Morgan fingerprint density at radius 2 is 0.710 bits per heavy atom. The maximum Gasteiger partial charge on any atom is 0.0799 e. The molecule has 0 saturated carbocycles. The fraction of sp³-hybridized carbons (Fsp3) is 0.429. The van der Waals surface area contributed by atoms with Gasteiger partial charge in [-0.25, -0.2) is 0 Å². The highest BCUT2D eigenvalue weighted by Crippen LogP contribution is 2.55. The van der Waals surface area contributed by atoms with Gasteiger partial charge in [-0.1, -0.05) is 142 Å². The Morgan fingerprint density at radius 1 is 0.391 bits per heavy atom. The molecule has 0 spiro atoms. The second kappa shape index (κ2) is 22.5. The van der Waals surface area contributed by atoms with Crippen LogP contribution in [0.3, 0.4) is 0 Å². The normalized spacial score (nSPS) is 14.8. The fourth-order valence-corrected chi connectivity index (χ4v) is 13.2. The second-order valence-electron chi connectivity index (χ2n) is 22.1. The van der Waals surface area contributed by atoms with Crippen LogP contribution in [0.4, 0.5) is 22.7 Å². The van der Waals surface area contributed by atoms with Gasteiger partial charge in [-0.2, -0.15) is 0 Å². The van der Waals surface area contributed by atoms with Crippen molar-refractivity contribution in [2.45, 2.75) is 108 Å². The van der Waals surface area contributed by atoms with Gasteiger partial charge in [0.25, 0.3) is 0 Å². The van der Waals surface area contributed by atoms with Crippen LogP contribution in [-0.4, -0.2) is 76.4 Å². The largest absolute Gasteiger partial charge is 0.341 e. The zero-order chi connectivity index (χ0) is 47.9. The van der Waals surface area contributed by atoms with Crippen LogP contribution in [-0.2, 0) is 31.1 Å². The minimum Gasteiger partial charge on any atom is -0.341 e. The molecule has 0 fully saturated rings. The van der Waals surface area contributed by atoms with E-state index in [1.165, 1.54) is 168 Å². The first-order chi connectivity index (χ1) is 33.5. The topological polar surface area (TPSA) is 6.48 Å². The lowest BCUT2D eigenvalue weighted by Crippen LogP contribution is -2.42. The van der Waals surface area contributed by atoms with E-state index in [0.717, 1.165) is 47.7 Å². The molecule has 362 valence electrons. The van der Waals surface area contributed by atoms with E-state index in [0.29, 0.717) is 0 Å². The van der Waals surface area contributed by atoms with E-state index < -0.39 is 0 Å². The van der Waals surface area contributed by atoms with Gasteiger partial charge in [0.15, 0.2) is 0 Å². The number of benzene rings is 6. The maximum absolute atomic E-state index is 3.92. The fourth-order valence-electron chi connectivity index (χ4n) is 12.5. The Kier molecular flexibility index (Phi) is 16.2. The molecule has 6 aromatic carbocycles. The van der Waals surface area contributed by atoms with Gasteiger partial charge >= 0.3 is 0 Å². The van der Waals surface area contributed by atoms with Crippen molar-refractivity contribution in [3.63, 3.8) is 0 Å². The Morgan fingerprint density at radius 3 is 1.07 bits per heavy atom. The number of aryl methyl sites for hydroxylation is 4. The monoisotopic (exact) mass is 1050 g/mol. The van der Waals surface area contributed by atoms with Crippen LogP contribution >= 0.6 is 31.9 Å². The molecule has 6 heteroatoms. The molecule has 0 radical (unpaired) electrons. The third kappa shape index (κ3) is 11.8. The highest BCUT2D eigenvalue weighted by atomic mass is 79.9. The van der Waals surface area contributed by atoms with Crippen molar-refractivity contribution in [2.75, 3.05) is 77.3 Å². The first-order valence-electron chi connectivity index (χ1n) is 26.6. The molecule has 4 nitrogen and oxygen atoms in total. The smallest absolute Gasteiger partial charge is 0.0799 e. The van der Waals surface area contributed by atoms with Crippen LogP contribution in [0.15, 0.2) is 142 Å². The molecule has 2 aliphatic heterocycles. The van der Waals surface area contributed by atoms with Crippen molar-refractivity contribution in [1.82, 2.24) is 0 Å². The maximum atomic E-state index is 3.92. The van der Waals surface area contributed by atoms with E-state index in [2.05, 4.69) is 203 Å². The molecule has 0 unspecified atom stereocenters. The standard InChI is InChI=1S/C63H78Br2N4/c1-68(2,45-21-41-66-59-27-13-9-23-49(59)31-32-50-24-10-14-28-60(50)66)43-19-7-5-17-39-63(57-47-53(64)35-37-55(57)56-38-36-54(65)48-58(56)63)40-18-6-8-20-44-69(3,4)46-22-42-67-61-29-15-11-25-51(61)33-34-52-26-12-16-30-62(52)67/h9-16,23-30,35-38,47-48H,5-8,17-22,31-34,39-46H2,1-4H3/q+2. The van der Waals surface area contributed by atoms with E-state index >= 15 is 0 Å². The number of nitrogens with zero attached hydrogens (tertiary/aromatic N) is 4. The van der Waals surface area contributed by atoms with Crippen molar-refractivity contribution >= 4 is 54.6 Å². The summed E-state index contributed by atoms with van der Waals surface area (Å²) in [5, 5.41) is 0. The quantitative estimate of drug-likeness (QED) is 0.0494.